The molecule has 4 aliphatic carbocycles. The van der Waals surface area contributed by atoms with Gasteiger partial charge in [0, 0.05) is 12.0 Å². The van der Waals surface area contributed by atoms with Crippen LogP contribution in [0.1, 0.15) is 105 Å². The minimum Gasteiger partial charge on any atom is -0.393 e. The molecule has 6 unspecified atom stereocenters. The number of rotatable bonds is 5. The number of hydrogen-bond donors (Lipinski definition) is 2. The molecule has 3 nitrogen and oxygen atoms in total. The molecule has 0 spiro atoms. The van der Waals surface area contributed by atoms with E-state index in [4.69, 9.17) is 0 Å². The van der Waals surface area contributed by atoms with Gasteiger partial charge < -0.3 is 10.2 Å². The molecule has 0 aromatic rings. The number of aliphatic hydroxyl groups excluding tert-OH is 1. The second kappa shape index (κ2) is 7.73. The Morgan fingerprint density at radius 1 is 1.17 bits per heavy atom. The van der Waals surface area contributed by atoms with Gasteiger partial charge in [0.1, 0.15) is 0 Å². The molecule has 2 N–H and O–H groups in total. The Morgan fingerprint density at radius 3 is 2.60 bits per heavy atom. The summed E-state index contributed by atoms with van der Waals surface area (Å²) < 4.78 is 0. The van der Waals surface area contributed by atoms with Gasteiger partial charge in [-0.1, -0.05) is 39.2 Å². The first-order valence-corrected chi connectivity index (χ1v) is 12.6. The summed E-state index contributed by atoms with van der Waals surface area (Å²) in [5, 5.41) is 20.3. The number of hydrogen-bond acceptors (Lipinski definition) is 3. The topological polar surface area (TPSA) is 57.5 Å². The van der Waals surface area contributed by atoms with Crippen LogP contribution in [0.3, 0.4) is 0 Å². The van der Waals surface area contributed by atoms with Gasteiger partial charge in [-0.05, 0) is 99.7 Å². The molecule has 0 aliphatic heterocycles. The first-order valence-electron chi connectivity index (χ1n) is 12.6. The largest absolute Gasteiger partial charge is 0.393 e. The Kier molecular flexibility index (Phi) is 5.80. The zero-order valence-corrected chi connectivity index (χ0v) is 20.0. The van der Waals surface area contributed by atoms with Gasteiger partial charge in [-0.25, -0.2) is 0 Å². The number of fused-ring (bicyclic) bond motifs is 4. The number of carbonyl (C=O) groups is 1. The molecule has 0 radical (unpaired) electrons. The summed E-state index contributed by atoms with van der Waals surface area (Å²) >= 11 is 0. The Morgan fingerprint density at radius 2 is 1.90 bits per heavy atom. The van der Waals surface area contributed by atoms with Gasteiger partial charge in [-0.15, -0.1) is 0 Å². The van der Waals surface area contributed by atoms with Crippen molar-refractivity contribution in [1.82, 2.24) is 0 Å². The molecule has 30 heavy (non-hydrogen) atoms. The molecule has 4 rings (SSSR count). The maximum Gasteiger partial charge on any atom is 0.159 e. The first kappa shape index (κ1) is 22.5. The quantitative estimate of drug-likeness (QED) is 0.593. The van der Waals surface area contributed by atoms with Crippen molar-refractivity contribution in [3.05, 3.63) is 11.1 Å². The summed E-state index contributed by atoms with van der Waals surface area (Å²) in [5.74, 6) is 2.59. The number of carbonyl (C=O) groups excluding carboxylic acids is 1. The predicted octanol–water partition coefficient (Wildman–Crippen LogP) is 5.83. The summed E-state index contributed by atoms with van der Waals surface area (Å²) in [6.07, 6.45) is 11.2. The highest BCUT2D eigenvalue weighted by molar-refractivity contribution is 6.00. The van der Waals surface area contributed by atoms with Crippen LogP contribution >= 0.6 is 0 Å². The fraction of sp³-hybridized carbons (Fsp3) is 0.889. The molecule has 170 valence electrons. The number of allylic oxidation sites excluding steroid dienone is 2. The standard InChI is InChI=1S/C27H44O3/c1-17(7-6-12-25(2,3)30)22-16-23(29)24-20-9-8-18-15-19(28)10-13-26(18,4)21(20)11-14-27(22,24)5/h17-19,21-22,28,30H,6-16H2,1-5H3/t17-,18?,19?,21?,22?,26?,27?/m1/s1. The molecule has 0 amide bonds. The van der Waals surface area contributed by atoms with E-state index in [1.165, 1.54) is 17.6 Å². The van der Waals surface area contributed by atoms with Crippen LogP contribution in [0.25, 0.3) is 0 Å². The van der Waals surface area contributed by atoms with Crippen molar-refractivity contribution < 1.29 is 15.0 Å². The van der Waals surface area contributed by atoms with Crippen molar-refractivity contribution in [2.24, 2.45) is 34.5 Å². The van der Waals surface area contributed by atoms with E-state index in [0.717, 1.165) is 64.2 Å². The monoisotopic (exact) mass is 416 g/mol. The lowest BCUT2D eigenvalue weighted by atomic mass is 9.48. The Hall–Kier alpha value is -0.670. The van der Waals surface area contributed by atoms with E-state index >= 15 is 0 Å². The Labute approximate surface area is 183 Å². The lowest BCUT2D eigenvalue weighted by Crippen LogP contribution is -2.48. The molecule has 7 atom stereocenters. The summed E-state index contributed by atoms with van der Waals surface area (Å²) in [6, 6.07) is 0. The van der Waals surface area contributed by atoms with Gasteiger partial charge in [0.15, 0.2) is 5.78 Å². The SMILES string of the molecule is C[C@H](CCCC(C)(C)O)C1CC(=O)C2=C3CCC4CC(O)CCC4(C)C3CCC21C. The van der Waals surface area contributed by atoms with Crippen molar-refractivity contribution in [3.63, 3.8) is 0 Å². The van der Waals surface area contributed by atoms with Gasteiger partial charge in [-0.2, -0.15) is 0 Å². The molecular weight excluding hydrogens is 372 g/mol. The van der Waals surface area contributed by atoms with E-state index < -0.39 is 5.60 Å². The highest BCUT2D eigenvalue weighted by Crippen LogP contribution is 2.65. The number of Topliss-reactive ketones (excluding diaryl/α,β-unsaturated/α-hetero) is 1. The van der Waals surface area contributed by atoms with Crippen LogP contribution in [0.5, 0.6) is 0 Å². The third-order valence-electron chi connectivity index (χ3n) is 9.97. The Balaban J connectivity index is 1.57. The fourth-order valence-corrected chi connectivity index (χ4v) is 8.23. The maximum absolute atomic E-state index is 13.4. The highest BCUT2D eigenvalue weighted by atomic mass is 16.3. The maximum atomic E-state index is 13.4. The molecule has 3 fully saturated rings. The summed E-state index contributed by atoms with van der Waals surface area (Å²) in [5.41, 5.74) is 2.49. The van der Waals surface area contributed by atoms with Crippen LogP contribution in [0, 0.1) is 34.5 Å². The molecule has 0 aromatic heterocycles. The highest BCUT2D eigenvalue weighted by Gasteiger charge is 2.58. The van der Waals surface area contributed by atoms with E-state index in [2.05, 4.69) is 20.8 Å². The van der Waals surface area contributed by atoms with Crippen molar-refractivity contribution in [1.29, 1.82) is 0 Å². The lowest BCUT2D eigenvalue weighted by Gasteiger charge is -2.56. The Bertz CT molecular complexity index is 716. The van der Waals surface area contributed by atoms with E-state index in [0.29, 0.717) is 29.5 Å². The second-order valence-electron chi connectivity index (χ2n) is 12.5. The third kappa shape index (κ3) is 3.72. The average Bonchev–Trinajstić information content (AvgIpc) is 2.92. The fourth-order valence-electron chi connectivity index (χ4n) is 8.23. The average molecular weight is 417 g/mol. The molecule has 3 saturated carbocycles. The lowest BCUT2D eigenvalue weighted by molar-refractivity contribution is -0.115. The van der Waals surface area contributed by atoms with Crippen molar-refractivity contribution >= 4 is 5.78 Å². The smallest absolute Gasteiger partial charge is 0.159 e. The van der Waals surface area contributed by atoms with Crippen LogP contribution in [-0.4, -0.2) is 27.7 Å². The molecule has 3 heteroatoms. The second-order valence-corrected chi connectivity index (χ2v) is 12.5. The van der Waals surface area contributed by atoms with Gasteiger partial charge in [0.05, 0.1) is 11.7 Å². The van der Waals surface area contributed by atoms with E-state index in [-0.39, 0.29) is 16.9 Å². The summed E-state index contributed by atoms with van der Waals surface area (Å²) in [4.78, 5) is 13.4. The third-order valence-corrected chi connectivity index (χ3v) is 9.97. The van der Waals surface area contributed by atoms with Crippen molar-refractivity contribution in [2.75, 3.05) is 0 Å². The number of aliphatic hydroxyl groups is 2. The summed E-state index contributed by atoms with van der Waals surface area (Å²) in [6.45, 7) is 11.0. The van der Waals surface area contributed by atoms with E-state index in [1.54, 1.807) is 0 Å². The van der Waals surface area contributed by atoms with Crippen molar-refractivity contribution in [2.45, 2.75) is 117 Å². The van der Waals surface area contributed by atoms with Crippen LogP contribution in [-0.2, 0) is 4.79 Å². The first-order chi connectivity index (χ1) is 14.0. The van der Waals surface area contributed by atoms with Crippen LogP contribution in [0.4, 0.5) is 0 Å². The summed E-state index contributed by atoms with van der Waals surface area (Å²) in [7, 11) is 0. The van der Waals surface area contributed by atoms with Crippen molar-refractivity contribution in [3.8, 4) is 0 Å². The molecule has 4 aliphatic rings. The molecule has 0 heterocycles. The van der Waals surface area contributed by atoms with Crippen LogP contribution in [0.2, 0.25) is 0 Å². The van der Waals surface area contributed by atoms with E-state index in [9.17, 15) is 15.0 Å². The molecule has 0 aromatic carbocycles. The predicted molar refractivity (Wildman–Crippen MR) is 121 cm³/mol. The minimum atomic E-state index is -0.595. The van der Waals surface area contributed by atoms with Crippen LogP contribution in [0.15, 0.2) is 11.1 Å². The zero-order chi connectivity index (χ0) is 21.9. The van der Waals surface area contributed by atoms with Gasteiger partial charge in [0.25, 0.3) is 0 Å². The molecule has 0 saturated heterocycles. The minimum absolute atomic E-state index is 0.0500. The van der Waals surface area contributed by atoms with E-state index in [1.807, 2.05) is 13.8 Å². The molecule has 0 bridgehead atoms. The van der Waals surface area contributed by atoms with Gasteiger partial charge in [-0.3, -0.25) is 4.79 Å². The van der Waals surface area contributed by atoms with Gasteiger partial charge in [0.2, 0.25) is 0 Å². The zero-order valence-electron chi connectivity index (χ0n) is 20.0. The van der Waals surface area contributed by atoms with Crippen LogP contribution < -0.4 is 0 Å². The molecular formula is C27H44O3. The normalized spacial score (nSPS) is 42.6. The van der Waals surface area contributed by atoms with Gasteiger partial charge >= 0.3 is 0 Å². The number of ketones is 1.